The Morgan fingerprint density at radius 1 is 0.833 bits per heavy atom. The van der Waals surface area contributed by atoms with Crippen LogP contribution in [-0.4, -0.2) is 4.82 Å². The summed E-state index contributed by atoms with van der Waals surface area (Å²) in [5, 5.41) is 0. The van der Waals surface area contributed by atoms with Crippen molar-refractivity contribution in [3.8, 4) is 0 Å². The summed E-state index contributed by atoms with van der Waals surface area (Å²) in [4.78, 5) is 3.25. The Hall–Kier alpha value is 0.124. The maximum Gasteiger partial charge on any atom is -1.00 e. The first kappa shape index (κ1) is 23.2. The minimum Gasteiger partial charge on any atom is -1.00 e. The molecule has 0 radical (unpaired) electrons. The molecule has 0 fully saturated rings. The molecule has 0 atom stereocenters. The van der Waals surface area contributed by atoms with Gasteiger partial charge in [-0.2, -0.15) is 11.1 Å². The maximum atomic E-state index is 3.25. The van der Waals surface area contributed by atoms with Gasteiger partial charge in [-0.05, 0) is 0 Å². The Labute approximate surface area is 136 Å². The topological polar surface area (TPSA) is 0 Å². The SMILES string of the molecule is CC1=[C-]C(C)=CC1.CC1=[C-]C(C)=CC1.[CH2]=[Ti+2].[Cl-].[Cl-]. The predicted molar refractivity (Wildman–Crippen MR) is 68.7 cm³/mol. The molecule has 2 aliphatic carbocycles. The van der Waals surface area contributed by atoms with Gasteiger partial charge in [0.1, 0.15) is 0 Å². The third kappa shape index (κ3) is 11.2. The van der Waals surface area contributed by atoms with Crippen molar-refractivity contribution in [2.75, 3.05) is 0 Å². The van der Waals surface area contributed by atoms with E-state index in [0.29, 0.717) is 0 Å². The van der Waals surface area contributed by atoms with Gasteiger partial charge in [0, 0.05) is 0 Å². The van der Waals surface area contributed by atoms with Crippen molar-refractivity contribution in [1.29, 1.82) is 0 Å². The molecule has 0 bridgehead atoms. The first-order chi connectivity index (χ1) is 7.58. The van der Waals surface area contributed by atoms with Crippen LogP contribution in [0.3, 0.4) is 0 Å². The average Bonchev–Trinajstić information content (AvgIpc) is 2.80. The Morgan fingerprint density at radius 3 is 1.17 bits per heavy atom. The molecular weight excluding hydrogens is 299 g/mol. The van der Waals surface area contributed by atoms with Crippen LogP contribution in [0, 0.1) is 12.2 Å². The second-order valence-corrected chi connectivity index (χ2v) is 3.99. The van der Waals surface area contributed by atoms with Crippen molar-refractivity contribution in [3.05, 3.63) is 46.6 Å². The summed E-state index contributed by atoms with van der Waals surface area (Å²) in [5.41, 5.74) is 5.30. The van der Waals surface area contributed by atoms with Gasteiger partial charge in [-0.1, -0.05) is 40.5 Å². The van der Waals surface area contributed by atoms with Crippen LogP contribution in [0.1, 0.15) is 40.5 Å². The minimum atomic E-state index is 0. The van der Waals surface area contributed by atoms with Gasteiger partial charge in [-0.3, -0.25) is 12.2 Å². The summed E-state index contributed by atoms with van der Waals surface area (Å²) in [5.74, 6) is 0. The Morgan fingerprint density at radius 2 is 1.11 bits per heavy atom. The third-order valence-corrected chi connectivity index (χ3v) is 2.25. The van der Waals surface area contributed by atoms with Crippen LogP contribution in [0.15, 0.2) is 34.4 Å². The molecule has 0 aromatic carbocycles. The molecule has 3 heteroatoms. The molecule has 2 aliphatic rings. The third-order valence-electron chi connectivity index (χ3n) is 2.25. The maximum absolute atomic E-state index is 3.25. The van der Waals surface area contributed by atoms with E-state index in [1.165, 1.54) is 22.3 Å². The fourth-order valence-electron chi connectivity index (χ4n) is 1.49. The molecule has 0 saturated carbocycles. The molecule has 0 spiro atoms. The molecule has 0 heterocycles. The predicted octanol–water partition coefficient (Wildman–Crippen LogP) is -1.86. The fraction of sp³-hybridized carbons (Fsp3) is 0.400. The molecule has 0 amide bonds. The fourth-order valence-corrected chi connectivity index (χ4v) is 1.49. The molecular formula is C15H20Cl2Ti-2. The van der Waals surface area contributed by atoms with E-state index in [1.807, 2.05) is 0 Å². The smallest absolute Gasteiger partial charge is 1.00 e. The standard InChI is InChI=1S/2C7H9.CH2.2ClH.Ti/c2*1-6-3-4-7(2)5-6;;;;/h2*3H,4H2,1-2H3;1H2;2*1H;/q2*-1;;;;+2/p-2. The molecule has 0 aromatic rings. The summed E-state index contributed by atoms with van der Waals surface area (Å²) < 4.78 is 0. The van der Waals surface area contributed by atoms with Crippen LogP contribution in [0.4, 0.5) is 0 Å². The number of rotatable bonds is 0. The van der Waals surface area contributed by atoms with E-state index >= 15 is 0 Å². The van der Waals surface area contributed by atoms with E-state index in [0.717, 1.165) is 12.8 Å². The van der Waals surface area contributed by atoms with Gasteiger partial charge >= 0.3 is 24.8 Å². The van der Waals surface area contributed by atoms with Crippen molar-refractivity contribution in [2.45, 2.75) is 40.5 Å². The summed E-state index contributed by atoms with van der Waals surface area (Å²) >= 11 is 1.75. The Kier molecular flexibility index (Phi) is 17.5. The molecule has 0 aliphatic heterocycles. The molecule has 0 aromatic heterocycles. The molecule has 100 valence electrons. The van der Waals surface area contributed by atoms with Gasteiger partial charge in [0.05, 0.1) is 0 Å². The molecule has 0 N–H and O–H groups in total. The van der Waals surface area contributed by atoms with Crippen LogP contribution in [0.25, 0.3) is 0 Å². The van der Waals surface area contributed by atoms with Crippen molar-refractivity contribution in [1.82, 2.24) is 0 Å². The first-order valence-corrected chi connectivity index (χ1v) is 6.56. The average molecular weight is 319 g/mol. The van der Waals surface area contributed by atoms with E-state index in [1.54, 1.807) is 20.0 Å². The summed E-state index contributed by atoms with van der Waals surface area (Å²) in [7, 11) is 0. The molecule has 0 unspecified atom stereocenters. The van der Waals surface area contributed by atoms with Crippen LogP contribution in [-0.2, 0) is 20.0 Å². The van der Waals surface area contributed by atoms with Gasteiger partial charge in [0.25, 0.3) is 0 Å². The van der Waals surface area contributed by atoms with Crippen molar-refractivity contribution in [3.63, 3.8) is 0 Å². The van der Waals surface area contributed by atoms with E-state index in [9.17, 15) is 0 Å². The quantitative estimate of drug-likeness (QED) is 0.363. The molecule has 18 heavy (non-hydrogen) atoms. The van der Waals surface area contributed by atoms with E-state index in [-0.39, 0.29) is 24.8 Å². The van der Waals surface area contributed by atoms with Gasteiger partial charge in [-0.15, -0.1) is 0 Å². The van der Waals surface area contributed by atoms with Gasteiger partial charge in [-0.25, -0.2) is 23.3 Å². The number of hydrogen-bond acceptors (Lipinski definition) is 0. The first-order valence-electron chi connectivity index (χ1n) is 5.45. The second-order valence-electron chi connectivity index (χ2n) is 3.99. The zero-order chi connectivity index (χ0) is 12.6. The summed E-state index contributed by atoms with van der Waals surface area (Å²) in [6.45, 7) is 8.37. The zero-order valence-electron chi connectivity index (χ0n) is 11.5. The van der Waals surface area contributed by atoms with Crippen LogP contribution in [0.5, 0.6) is 0 Å². The van der Waals surface area contributed by atoms with E-state index in [4.69, 9.17) is 0 Å². The number of hydrogen-bond donors (Lipinski definition) is 0. The second kappa shape index (κ2) is 13.6. The Balaban J connectivity index is -0.000000200. The van der Waals surface area contributed by atoms with Crippen molar-refractivity contribution in [2.24, 2.45) is 0 Å². The van der Waals surface area contributed by atoms with E-state index in [2.05, 4.69) is 56.8 Å². The normalized spacial score (nSPS) is 15.2. The van der Waals surface area contributed by atoms with Crippen molar-refractivity contribution < 1.29 is 44.8 Å². The Bertz CT molecular complexity index is 316. The van der Waals surface area contributed by atoms with Crippen LogP contribution >= 0.6 is 0 Å². The van der Waals surface area contributed by atoms with Gasteiger partial charge in [0.2, 0.25) is 0 Å². The number of halogens is 2. The summed E-state index contributed by atoms with van der Waals surface area (Å²) in [6, 6.07) is 0. The monoisotopic (exact) mass is 318 g/mol. The molecule has 2 rings (SSSR count). The van der Waals surface area contributed by atoms with Gasteiger partial charge < -0.3 is 24.8 Å². The van der Waals surface area contributed by atoms with Crippen LogP contribution < -0.4 is 24.8 Å². The van der Waals surface area contributed by atoms with Crippen LogP contribution in [0.2, 0.25) is 0 Å². The zero-order valence-corrected chi connectivity index (χ0v) is 14.6. The molecule has 0 saturated heterocycles. The number of allylic oxidation sites excluding steroid dienone is 8. The van der Waals surface area contributed by atoms with E-state index < -0.39 is 0 Å². The largest absolute Gasteiger partial charge is 1.00 e. The molecule has 0 nitrogen and oxygen atoms in total. The summed E-state index contributed by atoms with van der Waals surface area (Å²) in [6.07, 6.45) is 13.0. The van der Waals surface area contributed by atoms with Gasteiger partial charge in [0.15, 0.2) is 0 Å². The minimum absolute atomic E-state index is 0. The van der Waals surface area contributed by atoms with Crippen molar-refractivity contribution >= 4 is 4.82 Å².